The van der Waals surface area contributed by atoms with Gasteiger partial charge in [0.1, 0.15) is 5.75 Å². The maximum absolute atomic E-state index is 5.61. The van der Waals surface area contributed by atoms with Crippen molar-refractivity contribution in [2.45, 2.75) is 6.54 Å². The number of hydrogen-bond donors (Lipinski definition) is 1. The number of benzene rings is 1. The third-order valence-electron chi connectivity index (χ3n) is 2.44. The number of aromatic nitrogens is 1. The summed E-state index contributed by atoms with van der Waals surface area (Å²) in [5, 5.41) is 0. The zero-order valence-corrected chi connectivity index (χ0v) is 9.18. The Morgan fingerprint density at radius 2 is 2.06 bits per heavy atom. The summed E-state index contributed by atoms with van der Waals surface area (Å²) in [6, 6.07) is 11.7. The van der Waals surface area contributed by atoms with Gasteiger partial charge >= 0.3 is 0 Å². The molecule has 0 saturated carbocycles. The van der Waals surface area contributed by atoms with E-state index in [1.54, 1.807) is 13.3 Å². The highest BCUT2D eigenvalue weighted by atomic mass is 16.5. The number of hydrogen-bond acceptors (Lipinski definition) is 3. The van der Waals surface area contributed by atoms with Crippen molar-refractivity contribution in [3.63, 3.8) is 0 Å². The number of nitrogens with two attached hydrogens (primary N) is 1. The Kier molecular flexibility index (Phi) is 3.17. The molecule has 0 fully saturated rings. The van der Waals surface area contributed by atoms with Crippen LogP contribution < -0.4 is 10.5 Å². The minimum Gasteiger partial charge on any atom is -0.496 e. The molecule has 82 valence electrons. The van der Waals surface area contributed by atoms with Crippen LogP contribution >= 0.6 is 0 Å². The van der Waals surface area contributed by atoms with Crippen molar-refractivity contribution < 1.29 is 4.74 Å². The average Bonchev–Trinajstić information content (AvgIpc) is 2.38. The summed E-state index contributed by atoms with van der Waals surface area (Å²) in [4.78, 5) is 4.33. The van der Waals surface area contributed by atoms with Crippen LogP contribution in [-0.2, 0) is 6.54 Å². The van der Waals surface area contributed by atoms with Gasteiger partial charge in [-0.25, -0.2) is 0 Å². The van der Waals surface area contributed by atoms with Gasteiger partial charge in [-0.3, -0.25) is 4.98 Å². The van der Waals surface area contributed by atoms with Crippen LogP contribution in [0.25, 0.3) is 11.3 Å². The molecule has 0 aliphatic rings. The number of nitrogens with zero attached hydrogens (tertiary/aromatic N) is 1. The lowest BCUT2D eigenvalue weighted by Gasteiger charge is -2.08. The summed E-state index contributed by atoms with van der Waals surface area (Å²) in [6.45, 7) is 0.519. The van der Waals surface area contributed by atoms with E-state index in [-0.39, 0.29) is 0 Å². The first-order chi connectivity index (χ1) is 7.85. The number of rotatable bonds is 3. The lowest BCUT2D eigenvalue weighted by molar-refractivity contribution is 0.416. The van der Waals surface area contributed by atoms with E-state index in [0.29, 0.717) is 6.54 Å². The molecule has 3 heteroatoms. The van der Waals surface area contributed by atoms with Gasteiger partial charge in [0.25, 0.3) is 0 Å². The van der Waals surface area contributed by atoms with Crippen LogP contribution in [0.5, 0.6) is 5.75 Å². The molecule has 1 heterocycles. The van der Waals surface area contributed by atoms with E-state index in [1.165, 1.54) is 0 Å². The quantitative estimate of drug-likeness (QED) is 0.852. The summed E-state index contributed by atoms with van der Waals surface area (Å²) in [5.74, 6) is 0.823. The first-order valence-corrected chi connectivity index (χ1v) is 5.13. The Balaban J connectivity index is 2.49. The van der Waals surface area contributed by atoms with Gasteiger partial charge < -0.3 is 10.5 Å². The summed E-state index contributed by atoms with van der Waals surface area (Å²) in [7, 11) is 1.66. The van der Waals surface area contributed by atoms with Gasteiger partial charge in [-0.05, 0) is 29.8 Å². The largest absolute Gasteiger partial charge is 0.496 e. The molecule has 0 unspecified atom stereocenters. The minimum atomic E-state index is 0.519. The third-order valence-corrected chi connectivity index (χ3v) is 2.44. The van der Waals surface area contributed by atoms with Crippen LogP contribution in [0.2, 0.25) is 0 Å². The van der Waals surface area contributed by atoms with Gasteiger partial charge in [0.2, 0.25) is 0 Å². The second kappa shape index (κ2) is 4.77. The molecule has 0 aliphatic carbocycles. The zero-order valence-electron chi connectivity index (χ0n) is 9.18. The van der Waals surface area contributed by atoms with Crippen molar-refractivity contribution in [2.24, 2.45) is 5.73 Å². The molecule has 0 radical (unpaired) electrons. The van der Waals surface area contributed by atoms with Crippen LogP contribution in [-0.4, -0.2) is 12.1 Å². The fraction of sp³-hybridized carbons (Fsp3) is 0.154. The highest BCUT2D eigenvalue weighted by molar-refractivity contribution is 5.67. The Labute approximate surface area is 94.9 Å². The molecule has 0 aliphatic heterocycles. The van der Waals surface area contributed by atoms with Crippen molar-refractivity contribution in [2.75, 3.05) is 7.11 Å². The molecule has 3 nitrogen and oxygen atoms in total. The van der Waals surface area contributed by atoms with Gasteiger partial charge in [-0.15, -0.1) is 0 Å². The normalized spacial score (nSPS) is 10.1. The maximum atomic E-state index is 5.61. The summed E-state index contributed by atoms with van der Waals surface area (Å²) < 4.78 is 5.30. The molecular formula is C13H14N2O. The fourth-order valence-electron chi connectivity index (χ4n) is 1.60. The predicted molar refractivity (Wildman–Crippen MR) is 64.1 cm³/mol. The summed E-state index contributed by atoms with van der Waals surface area (Å²) >= 11 is 0. The maximum Gasteiger partial charge on any atom is 0.128 e. The number of para-hydroxylation sites is 1. The lowest BCUT2D eigenvalue weighted by Crippen LogP contribution is -1.97. The van der Waals surface area contributed by atoms with Crippen LogP contribution in [0.1, 0.15) is 5.56 Å². The van der Waals surface area contributed by atoms with Gasteiger partial charge in [-0.2, -0.15) is 0 Å². The molecule has 0 atom stereocenters. The van der Waals surface area contributed by atoms with Crippen molar-refractivity contribution in [1.29, 1.82) is 0 Å². The molecule has 0 bridgehead atoms. The second-order valence-corrected chi connectivity index (χ2v) is 3.45. The number of pyridine rings is 1. The van der Waals surface area contributed by atoms with E-state index in [9.17, 15) is 0 Å². The monoisotopic (exact) mass is 214 g/mol. The smallest absolute Gasteiger partial charge is 0.128 e. The fourth-order valence-corrected chi connectivity index (χ4v) is 1.60. The molecule has 0 spiro atoms. The van der Waals surface area contributed by atoms with E-state index >= 15 is 0 Å². The summed E-state index contributed by atoms with van der Waals surface area (Å²) in [6.07, 6.45) is 1.77. The molecule has 2 N–H and O–H groups in total. The molecule has 0 saturated heterocycles. The summed E-state index contributed by atoms with van der Waals surface area (Å²) in [5.41, 5.74) is 8.55. The second-order valence-electron chi connectivity index (χ2n) is 3.45. The van der Waals surface area contributed by atoms with Crippen molar-refractivity contribution >= 4 is 0 Å². The highest BCUT2D eigenvalue weighted by Crippen LogP contribution is 2.28. The van der Waals surface area contributed by atoms with E-state index in [4.69, 9.17) is 10.5 Å². The SMILES string of the molecule is COc1ccccc1-c1cc(CN)ccn1. The number of ether oxygens (including phenoxy) is 1. The Morgan fingerprint density at radius 1 is 1.25 bits per heavy atom. The highest BCUT2D eigenvalue weighted by Gasteiger charge is 2.05. The van der Waals surface area contributed by atoms with Gasteiger partial charge in [0, 0.05) is 18.3 Å². The van der Waals surface area contributed by atoms with Crippen LogP contribution in [0.3, 0.4) is 0 Å². The van der Waals surface area contributed by atoms with Crippen LogP contribution in [0.4, 0.5) is 0 Å². The first kappa shape index (κ1) is 10.6. The lowest BCUT2D eigenvalue weighted by atomic mass is 10.1. The Hall–Kier alpha value is -1.87. The van der Waals surface area contributed by atoms with Crippen molar-refractivity contribution in [3.05, 3.63) is 48.2 Å². The van der Waals surface area contributed by atoms with Crippen LogP contribution in [0, 0.1) is 0 Å². The van der Waals surface area contributed by atoms with Gasteiger partial charge in [-0.1, -0.05) is 12.1 Å². The van der Waals surface area contributed by atoms with E-state index in [0.717, 1.165) is 22.6 Å². The van der Waals surface area contributed by atoms with Gasteiger partial charge in [0.15, 0.2) is 0 Å². The van der Waals surface area contributed by atoms with Crippen molar-refractivity contribution in [3.8, 4) is 17.0 Å². The topological polar surface area (TPSA) is 48.1 Å². The average molecular weight is 214 g/mol. The molecule has 1 aromatic carbocycles. The zero-order chi connectivity index (χ0) is 11.4. The molecule has 0 amide bonds. The Morgan fingerprint density at radius 3 is 2.81 bits per heavy atom. The van der Waals surface area contributed by atoms with E-state index in [2.05, 4.69) is 4.98 Å². The Bertz CT molecular complexity index is 483. The van der Waals surface area contributed by atoms with E-state index < -0.39 is 0 Å². The molecular weight excluding hydrogens is 200 g/mol. The number of methoxy groups -OCH3 is 1. The molecule has 1 aromatic heterocycles. The van der Waals surface area contributed by atoms with Crippen molar-refractivity contribution in [1.82, 2.24) is 4.98 Å². The van der Waals surface area contributed by atoms with Crippen LogP contribution in [0.15, 0.2) is 42.6 Å². The molecule has 16 heavy (non-hydrogen) atoms. The first-order valence-electron chi connectivity index (χ1n) is 5.13. The standard InChI is InChI=1S/C13H14N2O/c1-16-13-5-3-2-4-11(13)12-8-10(9-14)6-7-15-12/h2-8H,9,14H2,1H3. The van der Waals surface area contributed by atoms with E-state index in [1.807, 2.05) is 36.4 Å². The third kappa shape index (κ3) is 2.04. The molecule has 2 aromatic rings. The van der Waals surface area contributed by atoms with Gasteiger partial charge in [0.05, 0.1) is 12.8 Å². The predicted octanol–water partition coefficient (Wildman–Crippen LogP) is 2.22. The minimum absolute atomic E-state index is 0.519. The molecule has 2 rings (SSSR count).